The first-order valence-electron chi connectivity index (χ1n) is 10.2. The van der Waals surface area contributed by atoms with Crippen molar-refractivity contribution in [2.75, 3.05) is 0 Å². The molecule has 1 aliphatic heterocycles. The Morgan fingerprint density at radius 3 is 1.89 bits per heavy atom. The molecular weight excluding hydrogens is 361 g/mol. The summed E-state index contributed by atoms with van der Waals surface area (Å²) < 4.78 is 2.37. The van der Waals surface area contributed by atoms with E-state index in [0.29, 0.717) is 11.8 Å². The van der Waals surface area contributed by atoms with Crippen LogP contribution in [0.4, 0.5) is 5.69 Å². The largest absolute Gasteiger partial charge is 0.417 e. The van der Waals surface area contributed by atoms with Gasteiger partial charge in [-0.2, -0.15) is 0 Å². The predicted molar refractivity (Wildman–Crippen MR) is 123 cm³/mol. The second kappa shape index (κ2) is 7.26. The predicted octanol–water partition coefficient (Wildman–Crippen LogP) is 5.51. The van der Waals surface area contributed by atoms with Crippen LogP contribution in [-0.4, -0.2) is 16.4 Å². The van der Waals surface area contributed by atoms with Crippen molar-refractivity contribution in [3.63, 3.8) is 0 Å². The van der Waals surface area contributed by atoms with Gasteiger partial charge in [-0.25, -0.2) is 0 Å². The summed E-state index contributed by atoms with van der Waals surface area (Å²) in [5, 5.41) is 0. The molecule has 0 radical (unpaired) electrons. The molecule has 3 aromatic carbocycles. The maximum atomic E-state index is 7.64. The Bertz CT molecular complexity index is 1010. The van der Waals surface area contributed by atoms with E-state index in [4.69, 9.17) is 11.5 Å². The fourth-order valence-corrected chi connectivity index (χ4v) is 4.98. The molecule has 0 aliphatic carbocycles. The van der Waals surface area contributed by atoms with Crippen LogP contribution >= 0.6 is 11.5 Å². The van der Waals surface area contributed by atoms with E-state index in [9.17, 15) is 0 Å². The topological polar surface area (TPSA) is 3.01 Å². The third-order valence-electron chi connectivity index (χ3n) is 5.91. The van der Waals surface area contributed by atoms with Crippen LogP contribution in [0.25, 0.3) is 0 Å². The fourth-order valence-electron chi connectivity index (χ4n) is 4.48. The molecular formula is C25H27BClN. The maximum Gasteiger partial charge on any atom is 0.417 e. The van der Waals surface area contributed by atoms with Crippen molar-refractivity contribution in [1.29, 1.82) is 0 Å². The molecule has 0 fully saturated rings. The van der Waals surface area contributed by atoms with Gasteiger partial charge in [0.2, 0.25) is 0 Å². The van der Waals surface area contributed by atoms with E-state index in [1.54, 1.807) is 0 Å². The van der Waals surface area contributed by atoms with E-state index in [1.807, 2.05) is 0 Å². The highest BCUT2D eigenvalue weighted by Gasteiger charge is 2.47. The minimum absolute atomic E-state index is 0.415. The molecule has 0 aromatic heterocycles. The van der Waals surface area contributed by atoms with Crippen molar-refractivity contribution in [3.8, 4) is 0 Å². The fraction of sp³-hybridized carbons (Fsp3) is 0.240. The lowest BCUT2D eigenvalue weighted by Gasteiger charge is -2.32. The van der Waals surface area contributed by atoms with Gasteiger partial charge in [0.05, 0.1) is 0 Å². The molecule has 1 heterocycles. The molecule has 0 saturated heterocycles. The molecule has 0 amide bonds. The summed E-state index contributed by atoms with van der Waals surface area (Å²) in [4.78, 5) is 0. The van der Waals surface area contributed by atoms with Gasteiger partial charge in [-0.1, -0.05) is 100 Å². The van der Waals surface area contributed by atoms with Crippen LogP contribution < -0.4 is 10.9 Å². The standard InChI is InChI=1S/C25H27BClN/c1-18(2)22-14-10-15-23(19(3)4)25(22)28-17-20-11-8-9-16-24(20)26(28,27)21-12-6-5-7-13-21/h5-19H,1-4H3/t26-/m0/s1. The Hall–Kier alpha value is -2.32. The SMILES string of the molecule is CC(C)c1cccc(C(C)C)c1[N+]1=Cc2ccccc2[B@-]1(Cl)c1ccccc1. The first kappa shape index (κ1) is 19.0. The zero-order valence-corrected chi connectivity index (χ0v) is 17.8. The van der Waals surface area contributed by atoms with Crippen LogP contribution in [0, 0.1) is 0 Å². The van der Waals surface area contributed by atoms with Crippen molar-refractivity contribution < 1.29 is 4.49 Å². The molecule has 1 aliphatic rings. The summed E-state index contributed by atoms with van der Waals surface area (Å²) in [5.41, 5.74) is 5.90. The smallest absolute Gasteiger partial charge is 0.398 e. The molecule has 142 valence electrons. The second-order valence-corrected chi connectivity index (χ2v) is 9.02. The number of halogens is 1. The molecule has 0 saturated carbocycles. The van der Waals surface area contributed by atoms with Crippen LogP contribution in [0.2, 0.25) is 0 Å². The molecule has 3 aromatic rings. The highest BCUT2D eigenvalue weighted by molar-refractivity contribution is 7.30. The van der Waals surface area contributed by atoms with E-state index >= 15 is 0 Å². The van der Waals surface area contributed by atoms with Crippen LogP contribution in [0.3, 0.4) is 0 Å². The quantitative estimate of drug-likeness (QED) is 0.520. The zero-order chi connectivity index (χ0) is 19.9. The summed E-state index contributed by atoms with van der Waals surface area (Å²) in [7, 11) is 0. The van der Waals surface area contributed by atoms with Gasteiger partial charge in [-0.05, 0) is 11.8 Å². The summed E-state index contributed by atoms with van der Waals surface area (Å²) in [6.07, 6.45) is 2.25. The van der Waals surface area contributed by atoms with Gasteiger partial charge in [-0.3, -0.25) is 11.5 Å². The summed E-state index contributed by atoms with van der Waals surface area (Å²) >= 11 is 7.64. The number of para-hydroxylation sites is 1. The van der Waals surface area contributed by atoms with Crippen molar-refractivity contribution >= 4 is 40.0 Å². The van der Waals surface area contributed by atoms with E-state index in [1.165, 1.54) is 27.8 Å². The number of hydrogen-bond acceptors (Lipinski definition) is 0. The van der Waals surface area contributed by atoms with Crippen LogP contribution in [-0.2, 0) is 0 Å². The third kappa shape index (κ3) is 2.91. The Morgan fingerprint density at radius 2 is 1.29 bits per heavy atom. The number of hydrogen-bond donors (Lipinski definition) is 0. The van der Waals surface area contributed by atoms with Gasteiger partial charge in [0.25, 0.3) is 0 Å². The Kier molecular flexibility index (Phi) is 4.93. The van der Waals surface area contributed by atoms with Crippen molar-refractivity contribution in [2.24, 2.45) is 0 Å². The van der Waals surface area contributed by atoms with E-state index in [2.05, 4.69) is 111 Å². The van der Waals surface area contributed by atoms with Crippen LogP contribution in [0.1, 0.15) is 56.2 Å². The van der Waals surface area contributed by atoms with Gasteiger partial charge in [0, 0.05) is 16.7 Å². The molecule has 0 unspecified atom stereocenters. The van der Waals surface area contributed by atoms with Crippen molar-refractivity contribution in [3.05, 3.63) is 89.5 Å². The van der Waals surface area contributed by atoms with Gasteiger partial charge in [-0.15, -0.1) is 10.9 Å². The average Bonchev–Trinajstić information content (AvgIpc) is 3.01. The lowest BCUT2D eigenvalue weighted by Crippen LogP contribution is -2.59. The molecule has 3 heteroatoms. The summed E-state index contributed by atoms with van der Waals surface area (Å²) in [6, 6.07) is 25.7. The number of fused-ring (bicyclic) bond motifs is 1. The molecule has 0 spiro atoms. The normalized spacial score (nSPS) is 18.5. The molecule has 4 rings (SSSR count). The van der Waals surface area contributed by atoms with Crippen molar-refractivity contribution in [2.45, 2.75) is 39.5 Å². The monoisotopic (exact) mass is 387 g/mol. The first-order chi connectivity index (χ1) is 13.4. The van der Waals surface area contributed by atoms with E-state index in [0.717, 1.165) is 5.46 Å². The highest BCUT2D eigenvalue weighted by atomic mass is 35.5. The molecule has 0 bridgehead atoms. The number of nitrogens with zero attached hydrogens (tertiary/aromatic N) is 1. The van der Waals surface area contributed by atoms with Gasteiger partial charge < -0.3 is 4.49 Å². The number of rotatable bonds is 4. The Morgan fingerprint density at radius 1 is 0.714 bits per heavy atom. The van der Waals surface area contributed by atoms with Crippen LogP contribution in [0.15, 0.2) is 72.8 Å². The number of benzene rings is 3. The van der Waals surface area contributed by atoms with E-state index in [-0.39, 0.29) is 0 Å². The zero-order valence-electron chi connectivity index (χ0n) is 17.1. The van der Waals surface area contributed by atoms with Crippen LogP contribution in [0.5, 0.6) is 0 Å². The maximum absolute atomic E-state index is 7.64. The van der Waals surface area contributed by atoms with Gasteiger partial charge in [0.1, 0.15) is 6.21 Å². The molecule has 1 nitrogen and oxygen atoms in total. The van der Waals surface area contributed by atoms with Gasteiger partial charge >= 0.3 is 5.70 Å². The lowest BCUT2D eigenvalue weighted by molar-refractivity contribution is -0.278. The molecule has 28 heavy (non-hydrogen) atoms. The van der Waals surface area contributed by atoms with Gasteiger partial charge in [0.15, 0.2) is 5.69 Å². The van der Waals surface area contributed by atoms with E-state index < -0.39 is 5.70 Å². The second-order valence-electron chi connectivity index (χ2n) is 8.39. The molecule has 0 N–H and O–H groups in total. The summed E-state index contributed by atoms with van der Waals surface area (Å²) in [6.45, 7) is 9.05. The highest BCUT2D eigenvalue weighted by Crippen LogP contribution is 2.38. The minimum atomic E-state index is -1.61. The average molecular weight is 388 g/mol. The first-order valence-corrected chi connectivity index (χ1v) is 10.6. The lowest BCUT2D eigenvalue weighted by atomic mass is 9.48. The van der Waals surface area contributed by atoms with Crippen molar-refractivity contribution in [1.82, 2.24) is 0 Å². The molecule has 1 atom stereocenters. The Labute approximate surface area is 173 Å². The summed E-state index contributed by atoms with van der Waals surface area (Å²) in [5.74, 6) is 0.830. The minimum Gasteiger partial charge on any atom is -0.398 e. The third-order valence-corrected chi connectivity index (χ3v) is 6.61. The Balaban J connectivity index is 2.06.